The topological polar surface area (TPSA) is 45.0 Å². The van der Waals surface area contributed by atoms with Gasteiger partial charge < -0.3 is 0 Å². The first kappa shape index (κ1) is 18.4. The molecule has 3 rings (SSSR count). The standard InChI is InChI=1S/C21H23N3OS/c1-4-19-20(25)24(14-17-8-6-5-7-9-17)21(26-19)23-22-13-18-11-10-15(2)12-16(18)3/h5-13,19H,4,14H2,1-3H3/b22-13-,23-21-/t19-/m0/s1. The lowest BCUT2D eigenvalue weighted by molar-refractivity contribution is -0.126. The molecule has 0 unspecified atom stereocenters. The number of amidine groups is 1. The Bertz CT molecular complexity index is 846. The number of aryl methyl sites for hydroxylation is 2. The van der Waals surface area contributed by atoms with Gasteiger partial charge in [0, 0.05) is 0 Å². The Kier molecular flexibility index (Phi) is 5.89. The largest absolute Gasteiger partial charge is 0.284 e. The lowest BCUT2D eigenvalue weighted by Crippen LogP contribution is -2.31. The molecule has 2 aromatic carbocycles. The summed E-state index contributed by atoms with van der Waals surface area (Å²) in [4.78, 5) is 14.4. The Hall–Kier alpha value is -2.40. The second-order valence-electron chi connectivity index (χ2n) is 6.41. The molecule has 2 aromatic rings. The van der Waals surface area contributed by atoms with Crippen molar-refractivity contribution in [3.05, 3.63) is 70.8 Å². The Morgan fingerprint density at radius 1 is 1.15 bits per heavy atom. The summed E-state index contributed by atoms with van der Waals surface area (Å²) in [6, 6.07) is 16.2. The maximum Gasteiger partial charge on any atom is 0.242 e. The molecular formula is C21H23N3OS. The van der Waals surface area contributed by atoms with E-state index in [1.54, 1.807) is 11.1 Å². The van der Waals surface area contributed by atoms with Crippen LogP contribution in [0.4, 0.5) is 0 Å². The van der Waals surface area contributed by atoms with Crippen LogP contribution in [-0.2, 0) is 11.3 Å². The highest BCUT2D eigenvalue weighted by Gasteiger charge is 2.36. The predicted octanol–water partition coefficient (Wildman–Crippen LogP) is 4.55. The number of hydrogen-bond acceptors (Lipinski definition) is 4. The molecular weight excluding hydrogens is 342 g/mol. The molecule has 0 N–H and O–H groups in total. The Morgan fingerprint density at radius 2 is 1.92 bits per heavy atom. The summed E-state index contributed by atoms with van der Waals surface area (Å²) in [6.07, 6.45) is 2.54. The molecule has 5 heteroatoms. The summed E-state index contributed by atoms with van der Waals surface area (Å²) in [5.41, 5.74) is 4.51. The van der Waals surface area contributed by atoms with Crippen LogP contribution in [0.5, 0.6) is 0 Å². The number of carbonyl (C=O) groups excluding carboxylic acids is 1. The molecule has 1 amide bonds. The van der Waals surface area contributed by atoms with Crippen LogP contribution in [0, 0.1) is 13.8 Å². The lowest BCUT2D eigenvalue weighted by atomic mass is 10.1. The molecule has 134 valence electrons. The van der Waals surface area contributed by atoms with Gasteiger partial charge in [-0.05, 0) is 37.0 Å². The monoisotopic (exact) mass is 365 g/mol. The highest BCUT2D eigenvalue weighted by Crippen LogP contribution is 2.30. The van der Waals surface area contributed by atoms with E-state index in [9.17, 15) is 4.79 Å². The average Bonchev–Trinajstić information content (AvgIpc) is 2.93. The average molecular weight is 366 g/mol. The number of benzene rings is 2. The van der Waals surface area contributed by atoms with Crippen molar-refractivity contribution < 1.29 is 4.79 Å². The van der Waals surface area contributed by atoms with Gasteiger partial charge in [-0.15, -0.1) is 5.10 Å². The zero-order valence-corrected chi connectivity index (χ0v) is 16.2. The molecule has 0 aromatic heterocycles. The Balaban J connectivity index is 1.81. The summed E-state index contributed by atoms with van der Waals surface area (Å²) < 4.78 is 0. The maximum absolute atomic E-state index is 12.6. The summed E-state index contributed by atoms with van der Waals surface area (Å²) in [6.45, 7) is 6.69. The summed E-state index contributed by atoms with van der Waals surface area (Å²) in [5.74, 6) is 0.113. The van der Waals surface area contributed by atoms with E-state index >= 15 is 0 Å². The van der Waals surface area contributed by atoms with Crippen molar-refractivity contribution in [2.24, 2.45) is 10.2 Å². The molecule has 1 aliphatic heterocycles. The van der Waals surface area contributed by atoms with Crippen molar-refractivity contribution >= 4 is 29.1 Å². The van der Waals surface area contributed by atoms with Gasteiger partial charge in [0.25, 0.3) is 0 Å². The van der Waals surface area contributed by atoms with E-state index in [0.29, 0.717) is 11.7 Å². The van der Waals surface area contributed by atoms with Gasteiger partial charge in [0.05, 0.1) is 18.0 Å². The molecule has 0 radical (unpaired) electrons. The SMILES string of the molecule is CC[C@@H]1S/C(=N\N=C/c2ccc(C)cc2C)N(Cc2ccccc2)C1=O. The minimum Gasteiger partial charge on any atom is -0.284 e. The van der Waals surface area contributed by atoms with E-state index < -0.39 is 0 Å². The van der Waals surface area contributed by atoms with Gasteiger partial charge in [0.1, 0.15) is 0 Å². The van der Waals surface area contributed by atoms with Crippen molar-refractivity contribution in [1.82, 2.24) is 4.90 Å². The number of rotatable bonds is 5. The fraction of sp³-hybridized carbons (Fsp3) is 0.286. The van der Waals surface area contributed by atoms with Crippen molar-refractivity contribution in [3.63, 3.8) is 0 Å². The van der Waals surface area contributed by atoms with Crippen molar-refractivity contribution in [1.29, 1.82) is 0 Å². The number of thioether (sulfide) groups is 1. The number of nitrogens with zero attached hydrogens (tertiary/aromatic N) is 3. The third-order valence-electron chi connectivity index (χ3n) is 4.34. The minimum absolute atomic E-state index is 0.0752. The van der Waals surface area contributed by atoms with Gasteiger partial charge in [0.15, 0.2) is 5.17 Å². The number of hydrogen-bond donors (Lipinski definition) is 0. The predicted molar refractivity (Wildman–Crippen MR) is 110 cm³/mol. The summed E-state index contributed by atoms with van der Waals surface area (Å²) in [5, 5.41) is 9.22. The quantitative estimate of drug-likeness (QED) is 0.576. The van der Waals surface area contributed by atoms with Gasteiger partial charge >= 0.3 is 0 Å². The molecule has 1 atom stereocenters. The first-order chi connectivity index (χ1) is 12.6. The van der Waals surface area contributed by atoms with Gasteiger partial charge in [-0.2, -0.15) is 5.10 Å². The lowest BCUT2D eigenvalue weighted by Gasteiger charge is -2.15. The van der Waals surface area contributed by atoms with E-state index in [1.807, 2.05) is 43.3 Å². The third-order valence-corrected chi connectivity index (χ3v) is 5.67. The zero-order chi connectivity index (χ0) is 18.5. The number of carbonyl (C=O) groups is 1. The van der Waals surface area contributed by atoms with E-state index in [1.165, 1.54) is 17.3 Å². The summed E-state index contributed by atoms with van der Waals surface area (Å²) in [7, 11) is 0. The van der Waals surface area contributed by atoms with Gasteiger partial charge in [0.2, 0.25) is 5.91 Å². The zero-order valence-electron chi connectivity index (χ0n) is 15.3. The second kappa shape index (κ2) is 8.32. The fourth-order valence-corrected chi connectivity index (χ4v) is 3.89. The molecule has 0 saturated carbocycles. The van der Waals surface area contributed by atoms with Crippen LogP contribution in [0.25, 0.3) is 0 Å². The van der Waals surface area contributed by atoms with Crippen LogP contribution >= 0.6 is 11.8 Å². The molecule has 4 nitrogen and oxygen atoms in total. The molecule has 1 heterocycles. The van der Waals surface area contributed by atoms with E-state index in [-0.39, 0.29) is 11.2 Å². The maximum atomic E-state index is 12.6. The Labute approximate surface area is 159 Å². The van der Waals surface area contributed by atoms with Gasteiger partial charge in [-0.25, -0.2) is 0 Å². The molecule has 26 heavy (non-hydrogen) atoms. The van der Waals surface area contributed by atoms with E-state index in [0.717, 1.165) is 23.1 Å². The smallest absolute Gasteiger partial charge is 0.242 e. The molecule has 0 spiro atoms. The normalized spacial score (nSPS) is 19.0. The van der Waals surface area contributed by atoms with Crippen molar-refractivity contribution in [2.75, 3.05) is 0 Å². The first-order valence-corrected chi connectivity index (χ1v) is 9.66. The highest BCUT2D eigenvalue weighted by atomic mass is 32.2. The molecule has 1 fully saturated rings. The van der Waals surface area contributed by atoms with E-state index in [2.05, 4.69) is 36.2 Å². The van der Waals surface area contributed by atoms with Crippen LogP contribution < -0.4 is 0 Å². The molecule has 0 bridgehead atoms. The van der Waals surface area contributed by atoms with Crippen LogP contribution in [0.15, 0.2) is 58.7 Å². The van der Waals surface area contributed by atoms with Gasteiger partial charge in [-0.1, -0.05) is 72.8 Å². The number of amides is 1. The molecule has 1 aliphatic rings. The minimum atomic E-state index is -0.0752. The summed E-state index contributed by atoms with van der Waals surface area (Å²) >= 11 is 1.50. The second-order valence-corrected chi connectivity index (χ2v) is 7.58. The molecule has 0 aliphatic carbocycles. The van der Waals surface area contributed by atoms with Crippen LogP contribution in [0.3, 0.4) is 0 Å². The third kappa shape index (κ3) is 4.22. The first-order valence-electron chi connectivity index (χ1n) is 8.78. The van der Waals surface area contributed by atoms with Crippen molar-refractivity contribution in [2.45, 2.75) is 39.0 Å². The highest BCUT2D eigenvalue weighted by molar-refractivity contribution is 8.15. The van der Waals surface area contributed by atoms with Crippen LogP contribution in [-0.4, -0.2) is 27.4 Å². The van der Waals surface area contributed by atoms with Crippen molar-refractivity contribution in [3.8, 4) is 0 Å². The Morgan fingerprint density at radius 3 is 2.62 bits per heavy atom. The fourth-order valence-electron chi connectivity index (χ4n) is 2.87. The molecule has 1 saturated heterocycles. The van der Waals surface area contributed by atoms with Crippen LogP contribution in [0.2, 0.25) is 0 Å². The van der Waals surface area contributed by atoms with Crippen LogP contribution in [0.1, 0.15) is 35.6 Å². The van der Waals surface area contributed by atoms with E-state index in [4.69, 9.17) is 0 Å². The van der Waals surface area contributed by atoms with Gasteiger partial charge in [-0.3, -0.25) is 9.69 Å².